The molecule has 0 aliphatic rings. The quantitative estimate of drug-likeness (QED) is 0.537. The van der Waals surface area contributed by atoms with Gasteiger partial charge in [0.25, 0.3) is 11.5 Å². The van der Waals surface area contributed by atoms with Gasteiger partial charge in [0.1, 0.15) is 10.7 Å². The van der Waals surface area contributed by atoms with Gasteiger partial charge in [0, 0.05) is 17.5 Å². The highest BCUT2D eigenvalue weighted by Crippen LogP contribution is 2.27. The second-order valence-electron chi connectivity index (χ2n) is 5.13. The van der Waals surface area contributed by atoms with E-state index < -0.39 is 4.92 Å². The maximum absolute atomic E-state index is 10.8. The standard InChI is InChI=1S/C14H14N6O2S/c1-7-8(2)16-13-17-14(18-19(13)10(7)4)23-12-6-5-11(20(21)22)9(3)15-12/h5-6H,1-4H3. The van der Waals surface area contributed by atoms with E-state index in [4.69, 9.17) is 0 Å². The molecule has 3 rings (SSSR count). The number of fused-ring (bicyclic) bond motifs is 1. The fourth-order valence-corrected chi connectivity index (χ4v) is 2.91. The van der Waals surface area contributed by atoms with Gasteiger partial charge in [0.2, 0.25) is 5.16 Å². The molecule has 0 aliphatic heterocycles. The monoisotopic (exact) mass is 330 g/mol. The third-order valence-corrected chi connectivity index (χ3v) is 4.46. The highest BCUT2D eigenvalue weighted by atomic mass is 32.2. The average Bonchev–Trinajstić information content (AvgIpc) is 2.87. The first-order chi connectivity index (χ1) is 10.9. The number of aromatic nitrogens is 5. The molecule has 118 valence electrons. The van der Waals surface area contributed by atoms with Gasteiger partial charge in [-0.25, -0.2) is 14.5 Å². The van der Waals surface area contributed by atoms with Gasteiger partial charge in [-0.1, -0.05) is 0 Å². The predicted molar refractivity (Wildman–Crippen MR) is 84.7 cm³/mol. The molecule has 0 N–H and O–H groups in total. The molecule has 0 aromatic carbocycles. The van der Waals surface area contributed by atoms with Gasteiger partial charge >= 0.3 is 0 Å². The molecule has 0 saturated heterocycles. The van der Waals surface area contributed by atoms with Crippen LogP contribution in [0, 0.1) is 37.8 Å². The zero-order valence-electron chi connectivity index (χ0n) is 13.1. The molecular weight excluding hydrogens is 316 g/mol. The van der Waals surface area contributed by atoms with Crippen molar-refractivity contribution in [2.45, 2.75) is 37.9 Å². The minimum Gasteiger partial charge on any atom is -0.258 e. The van der Waals surface area contributed by atoms with Crippen LogP contribution in [0.2, 0.25) is 0 Å². The lowest BCUT2D eigenvalue weighted by Gasteiger charge is -2.04. The summed E-state index contributed by atoms with van der Waals surface area (Å²) in [4.78, 5) is 23.4. The van der Waals surface area contributed by atoms with Crippen LogP contribution in [0.5, 0.6) is 0 Å². The number of pyridine rings is 1. The topological polar surface area (TPSA) is 99.1 Å². The molecule has 0 radical (unpaired) electrons. The average molecular weight is 330 g/mol. The third kappa shape index (κ3) is 2.74. The number of nitrogens with zero attached hydrogens (tertiary/aromatic N) is 6. The van der Waals surface area contributed by atoms with Crippen molar-refractivity contribution in [2.75, 3.05) is 0 Å². The molecule has 3 aromatic rings. The molecule has 3 aromatic heterocycles. The van der Waals surface area contributed by atoms with Crippen molar-refractivity contribution in [1.82, 2.24) is 24.6 Å². The van der Waals surface area contributed by atoms with Crippen LogP contribution in [0.25, 0.3) is 5.78 Å². The van der Waals surface area contributed by atoms with Crippen molar-refractivity contribution < 1.29 is 4.92 Å². The summed E-state index contributed by atoms with van der Waals surface area (Å²) in [6, 6.07) is 3.04. The Hall–Kier alpha value is -2.55. The Balaban J connectivity index is 1.97. The van der Waals surface area contributed by atoms with Gasteiger partial charge in [0.05, 0.1) is 4.92 Å². The van der Waals surface area contributed by atoms with Crippen molar-refractivity contribution in [3.8, 4) is 0 Å². The molecule has 9 heteroatoms. The van der Waals surface area contributed by atoms with Gasteiger partial charge < -0.3 is 0 Å². The maximum atomic E-state index is 10.8. The van der Waals surface area contributed by atoms with Crippen LogP contribution >= 0.6 is 11.8 Å². The van der Waals surface area contributed by atoms with Crippen LogP contribution in [0.3, 0.4) is 0 Å². The Morgan fingerprint density at radius 1 is 1.09 bits per heavy atom. The van der Waals surface area contributed by atoms with Crippen LogP contribution in [0.1, 0.15) is 22.6 Å². The molecule has 0 saturated carbocycles. The third-order valence-electron chi connectivity index (χ3n) is 3.67. The van der Waals surface area contributed by atoms with Crippen molar-refractivity contribution in [1.29, 1.82) is 0 Å². The second-order valence-corrected chi connectivity index (χ2v) is 6.11. The van der Waals surface area contributed by atoms with Crippen molar-refractivity contribution in [2.24, 2.45) is 0 Å². The summed E-state index contributed by atoms with van der Waals surface area (Å²) in [7, 11) is 0. The predicted octanol–water partition coefficient (Wildman–Crippen LogP) is 2.81. The van der Waals surface area contributed by atoms with E-state index in [2.05, 4.69) is 20.1 Å². The summed E-state index contributed by atoms with van der Waals surface area (Å²) in [5.41, 5.74) is 3.34. The van der Waals surface area contributed by atoms with E-state index in [1.54, 1.807) is 17.5 Å². The largest absolute Gasteiger partial charge is 0.290 e. The maximum Gasteiger partial charge on any atom is 0.290 e. The van der Waals surface area contributed by atoms with Gasteiger partial charge in [-0.3, -0.25) is 10.1 Å². The lowest BCUT2D eigenvalue weighted by molar-refractivity contribution is -0.385. The first-order valence-electron chi connectivity index (χ1n) is 6.87. The number of aryl methyl sites for hydroxylation is 3. The summed E-state index contributed by atoms with van der Waals surface area (Å²) in [6.07, 6.45) is 0. The SMILES string of the molecule is Cc1nc(Sc2nc3nc(C)c(C)c(C)n3n2)ccc1[N+](=O)[O-]. The summed E-state index contributed by atoms with van der Waals surface area (Å²) in [5.74, 6) is 0.534. The fourth-order valence-electron chi connectivity index (χ4n) is 2.15. The normalized spacial score (nSPS) is 11.1. The Kier molecular flexibility index (Phi) is 3.72. The second kappa shape index (κ2) is 5.58. The van der Waals surface area contributed by atoms with Crippen LogP contribution in [0.4, 0.5) is 5.69 Å². The molecule has 0 unspecified atom stereocenters. The van der Waals surface area contributed by atoms with E-state index in [0.717, 1.165) is 17.0 Å². The zero-order valence-corrected chi connectivity index (χ0v) is 13.9. The van der Waals surface area contributed by atoms with E-state index in [-0.39, 0.29) is 5.69 Å². The minimum absolute atomic E-state index is 0.000992. The van der Waals surface area contributed by atoms with Gasteiger partial charge in [-0.05, 0) is 51.1 Å². The lowest BCUT2D eigenvalue weighted by Crippen LogP contribution is -2.02. The van der Waals surface area contributed by atoms with E-state index in [9.17, 15) is 10.1 Å². The van der Waals surface area contributed by atoms with Crippen LogP contribution in [0.15, 0.2) is 22.3 Å². The summed E-state index contributed by atoms with van der Waals surface area (Å²) >= 11 is 1.25. The first-order valence-corrected chi connectivity index (χ1v) is 7.69. The molecule has 23 heavy (non-hydrogen) atoms. The molecule has 0 bridgehead atoms. The first kappa shape index (κ1) is 15.3. The molecule has 0 aliphatic carbocycles. The Labute approximate surface area is 136 Å². The van der Waals surface area contributed by atoms with Crippen molar-refractivity contribution in [3.05, 3.63) is 44.9 Å². The highest BCUT2D eigenvalue weighted by Gasteiger charge is 2.15. The zero-order chi connectivity index (χ0) is 16.7. The molecular formula is C14H14N6O2S. The molecule has 0 atom stereocenters. The number of hydrogen-bond donors (Lipinski definition) is 0. The van der Waals surface area contributed by atoms with Gasteiger partial charge in [-0.15, -0.1) is 5.10 Å². The molecule has 3 heterocycles. The van der Waals surface area contributed by atoms with Crippen molar-refractivity contribution >= 4 is 23.2 Å². The minimum atomic E-state index is -0.446. The Bertz CT molecular complexity index is 937. The number of rotatable bonds is 3. The van der Waals surface area contributed by atoms with E-state index >= 15 is 0 Å². The van der Waals surface area contributed by atoms with Gasteiger partial charge in [-0.2, -0.15) is 4.98 Å². The van der Waals surface area contributed by atoms with Crippen LogP contribution in [-0.4, -0.2) is 29.5 Å². The fraction of sp³-hybridized carbons (Fsp3) is 0.286. The summed E-state index contributed by atoms with van der Waals surface area (Å²) < 4.78 is 1.70. The van der Waals surface area contributed by atoms with E-state index in [1.807, 2.05) is 20.8 Å². The molecule has 0 fully saturated rings. The van der Waals surface area contributed by atoms with Crippen LogP contribution < -0.4 is 0 Å². The van der Waals surface area contributed by atoms with Crippen LogP contribution in [-0.2, 0) is 0 Å². The lowest BCUT2D eigenvalue weighted by atomic mass is 10.2. The van der Waals surface area contributed by atoms with E-state index in [0.29, 0.717) is 21.7 Å². The number of nitro groups is 1. The Morgan fingerprint density at radius 2 is 1.83 bits per heavy atom. The number of hydrogen-bond acceptors (Lipinski definition) is 7. The molecule has 8 nitrogen and oxygen atoms in total. The summed E-state index contributed by atoms with van der Waals surface area (Å²) in [5, 5.41) is 16.4. The smallest absolute Gasteiger partial charge is 0.258 e. The van der Waals surface area contributed by atoms with Crippen molar-refractivity contribution in [3.63, 3.8) is 0 Å². The molecule has 0 amide bonds. The van der Waals surface area contributed by atoms with E-state index in [1.165, 1.54) is 17.8 Å². The Morgan fingerprint density at radius 3 is 2.48 bits per heavy atom. The van der Waals surface area contributed by atoms with Gasteiger partial charge in [0.15, 0.2) is 0 Å². The molecule has 0 spiro atoms. The summed E-state index contributed by atoms with van der Waals surface area (Å²) in [6.45, 7) is 7.50. The highest BCUT2D eigenvalue weighted by molar-refractivity contribution is 7.99.